The first-order valence-electron chi connectivity index (χ1n) is 4.77. The molecule has 78 valence electrons. The zero-order valence-corrected chi connectivity index (χ0v) is 7.92. The molecule has 0 aromatic carbocycles. The van der Waals surface area contributed by atoms with Crippen LogP contribution in [0.25, 0.3) is 0 Å². The molecule has 0 aromatic rings. The first-order chi connectivity index (χ1) is 6.11. The summed E-state index contributed by atoms with van der Waals surface area (Å²) < 4.78 is 24.1. The summed E-state index contributed by atoms with van der Waals surface area (Å²) in [5.74, 6) is 0. The van der Waals surface area contributed by atoms with Crippen LogP contribution in [0.2, 0.25) is 0 Å². The molecule has 0 spiro atoms. The van der Waals surface area contributed by atoms with Crippen molar-refractivity contribution >= 4 is 0 Å². The van der Waals surface area contributed by atoms with E-state index in [0.717, 1.165) is 25.7 Å². The van der Waals surface area contributed by atoms with E-state index in [4.69, 9.17) is 0 Å². The molecule has 4 heteroatoms. The quantitative estimate of drug-likeness (QED) is 0.734. The molecule has 0 bridgehead atoms. The van der Waals surface area contributed by atoms with Gasteiger partial charge in [0.1, 0.15) is 0 Å². The lowest BCUT2D eigenvalue weighted by Gasteiger charge is -2.34. The lowest BCUT2D eigenvalue weighted by Crippen LogP contribution is -2.45. The van der Waals surface area contributed by atoms with Gasteiger partial charge in [-0.05, 0) is 19.9 Å². The van der Waals surface area contributed by atoms with Crippen molar-refractivity contribution in [2.75, 3.05) is 13.6 Å². The molecule has 1 saturated carbocycles. The van der Waals surface area contributed by atoms with Gasteiger partial charge in [-0.1, -0.05) is 12.8 Å². The van der Waals surface area contributed by atoms with Gasteiger partial charge in [0.25, 0.3) is 6.43 Å². The molecule has 13 heavy (non-hydrogen) atoms. The van der Waals surface area contributed by atoms with E-state index >= 15 is 0 Å². The molecule has 0 heterocycles. The minimum absolute atomic E-state index is 0.0669. The third-order valence-corrected chi connectivity index (χ3v) is 2.69. The maximum absolute atomic E-state index is 12.0. The predicted molar refractivity (Wildman–Crippen MR) is 46.9 cm³/mol. The number of hydrogen-bond acceptors (Lipinski definition) is 2. The molecule has 1 rings (SSSR count). The summed E-state index contributed by atoms with van der Waals surface area (Å²) in [6.45, 7) is -0.234. The minimum Gasteiger partial charge on any atom is -0.391 e. The topological polar surface area (TPSA) is 23.5 Å². The van der Waals surface area contributed by atoms with Gasteiger partial charge >= 0.3 is 0 Å². The highest BCUT2D eigenvalue weighted by Gasteiger charge is 2.27. The Labute approximate surface area is 77.5 Å². The van der Waals surface area contributed by atoms with E-state index in [1.807, 2.05) is 0 Å². The molecule has 1 aliphatic rings. The van der Waals surface area contributed by atoms with Crippen LogP contribution in [0, 0.1) is 0 Å². The molecule has 2 unspecified atom stereocenters. The average molecular weight is 193 g/mol. The largest absolute Gasteiger partial charge is 0.391 e. The summed E-state index contributed by atoms with van der Waals surface area (Å²) in [4.78, 5) is 1.58. The predicted octanol–water partition coefficient (Wildman–Crippen LogP) is 1.49. The number of likely N-dealkylation sites (N-methyl/N-ethyl adjacent to an activating group) is 1. The number of aliphatic hydroxyl groups excluding tert-OH is 1. The third-order valence-electron chi connectivity index (χ3n) is 2.69. The lowest BCUT2D eigenvalue weighted by molar-refractivity contribution is 0.00394. The summed E-state index contributed by atoms with van der Waals surface area (Å²) in [5.41, 5.74) is 0. The van der Waals surface area contributed by atoms with Crippen molar-refractivity contribution in [3.63, 3.8) is 0 Å². The fraction of sp³-hybridized carbons (Fsp3) is 1.00. The molecule has 0 aliphatic heterocycles. The standard InChI is InChI=1S/C9H17F2NO/c1-12(6-9(10)11)7-4-2-3-5-8(7)13/h7-9,13H,2-6H2,1H3. The molecule has 2 nitrogen and oxygen atoms in total. The van der Waals surface area contributed by atoms with E-state index in [9.17, 15) is 13.9 Å². The Morgan fingerprint density at radius 2 is 2.00 bits per heavy atom. The Bertz CT molecular complexity index is 155. The van der Waals surface area contributed by atoms with Gasteiger partial charge in [0.2, 0.25) is 0 Å². The molecule has 2 atom stereocenters. The SMILES string of the molecule is CN(CC(F)F)C1CCCCC1O. The molecule has 1 aliphatic carbocycles. The maximum atomic E-state index is 12.0. The van der Waals surface area contributed by atoms with Crippen molar-refractivity contribution in [2.24, 2.45) is 0 Å². The number of halogens is 2. The Morgan fingerprint density at radius 1 is 1.38 bits per heavy atom. The van der Waals surface area contributed by atoms with Crippen molar-refractivity contribution in [1.82, 2.24) is 4.90 Å². The van der Waals surface area contributed by atoms with Gasteiger partial charge in [0.15, 0.2) is 0 Å². The van der Waals surface area contributed by atoms with Crippen molar-refractivity contribution in [3.05, 3.63) is 0 Å². The van der Waals surface area contributed by atoms with Gasteiger partial charge in [-0.3, -0.25) is 4.90 Å². The van der Waals surface area contributed by atoms with Crippen LogP contribution < -0.4 is 0 Å². The van der Waals surface area contributed by atoms with Gasteiger partial charge < -0.3 is 5.11 Å². The van der Waals surface area contributed by atoms with E-state index in [2.05, 4.69) is 0 Å². The minimum atomic E-state index is -2.31. The maximum Gasteiger partial charge on any atom is 0.251 e. The normalized spacial score (nSPS) is 30.0. The first-order valence-corrected chi connectivity index (χ1v) is 4.77. The highest BCUT2D eigenvalue weighted by Crippen LogP contribution is 2.22. The van der Waals surface area contributed by atoms with Gasteiger partial charge in [-0.25, -0.2) is 8.78 Å². The number of aliphatic hydroxyl groups is 1. The van der Waals surface area contributed by atoms with Crippen LogP contribution in [-0.2, 0) is 0 Å². The Balaban J connectivity index is 2.39. The smallest absolute Gasteiger partial charge is 0.251 e. The van der Waals surface area contributed by atoms with Crippen LogP contribution in [-0.4, -0.2) is 42.2 Å². The van der Waals surface area contributed by atoms with E-state index in [-0.39, 0.29) is 12.6 Å². The highest BCUT2D eigenvalue weighted by atomic mass is 19.3. The number of hydrogen-bond donors (Lipinski definition) is 1. The van der Waals surface area contributed by atoms with Crippen LogP contribution in [0.15, 0.2) is 0 Å². The Kier molecular flexibility index (Phi) is 4.06. The molecule has 0 radical (unpaired) electrons. The van der Waals surface area contributed by atoms with Gasteiger partial charge in [0, 0.05) is 6.04 Å². The zero-order chi connectivity index (χ0) is 9.84. The van der Waals surface area contributed by atoms with E-state index in [1.165, 1.54) is 0 Å². The van der Waals surface area contributed by atoms with Crippen LogP contribution >= 0.6 is 0 Å². The van der Waals surface area contributed by atoms with E-state index in [0.29, 0.717) is 0 Å². The van der Waals surface area contributed by atoms with Gasteiger partial charge in [0.05, 0.1) is 12.6 Å². The van der Waals surface area contributed by atoms with Crippen molar-refractivity contribution in [2.45, 2.75) is 44.3 Å². The number of rotatable bonds is 3. The summed E-state index contributed by atoms with van der Waals surface area (Å²) in [6, 6.07) is -0.0669. The monoisotopic (exact) mass is 193 g/mol. The zero-order valence-electron chi connectivity index (χ0n) is 7.92. The van der Waals surface area contributed by atoms with Crippen molar-refractivity contribution < 1.29 is 13.9 Å². The van der Waals surface area contributed by atoms with Gasteiger partial charge in [-0.15, -0.1) is 0 Å². The van der Waals surface area contributed by atoms with Gasteiger partial charge in [-0.2, -0.15) is 0 Å². The van der Waals surface area contributed by atoms with Crippen LogP contribution in [0.5, 0.6) is 0 Å². The molecule has 0 saturated heterocycles. The second-order valence-corrected chi connectivity index (χ2v) is 3.75. The Morgan fingerprint density at radius 3 is 2.54 bits per heavy atom. The van der Waals surface area contributed by atoms with Crippen LogP contribution in [0.1, 0.15) is 25.7 Å². The Hall–Kier alpha value is -0.220. The summed E-state index contributed by atoms with van der Waals surface area (Å²) in [5, 5.41) is 9.57. The summed E-state index contributed by atoms with van der Waals surface area (Å²) >= 11 is 0. The second kappa shape index (κ2) is 4.86. The van der Waals surface area contributed by atoms with Crippen LogP contribution in [0.3, 0.4) is 0 Å². The van der Waals surface area contributed by atoms with E-state index in [1.54, 1.807) is 11.9 Å². The molecule has 1 N–H and O–H groups in total. The number of nitrogens with zero attached hydrogens (tertiary/aromatic N) is 1. The molecule has 0 aromatic heterocycles. The first kappa shape index (κ1) is 10.9. The summed E-state index contributed by atoms with van der Waals surface area (Å²) in [6.07, 6.45) is 0.912. The molecule has 1 fully saturated rings. The number of alkyl halides is 2. The summed E-state index contributed by atoms with van der Waals surface area (Å²) in [7, 11) is 1.66. The van der Waals surface area contributed by atoms with E-state index < -0.39 is 12.5 Å². The molecular weight excluding hydrogens is 176 g/mol. The third kappa shape index (κ3) is 3.19. The molecule has 0 amide bonds. The second-order valence-electron chi connectivity index (χ2n) is 3.75. The lowest BCUT2D eigenvalue weighted by atomic mass is 9.92. The van der Waals surface area contributed by atoms with Crippen molar-refractivity contribution in [1.29, 1.82) is 0 Å². The average Bonchev–Trinajstić information content (AvgIpc) is 2.03. The fourth-order valence-corrected chi connectivity index (χ4v) is 1.96. The van der Waals surface area contributed by atoms with Crippen molar-refractivity contribution in [3.8, 4) is 0 Å². The molecular formula is C9H17F2NO. The fourth-order valence-electron chi connectivity index (χ4n) is 1.96. The highest BCUT2D eigenvalue weighted by molar-refractivity contribution is 4.81. The van der Waals surface area contributed by atoms with Crippen LogP contribution in [0.4, 0.5) is 8.78 Å².